The number of piperidine rings is 1. The van der Waals surface area contributed by atoms with Gasteiger partial charge < -0.3 is 4.90 Å². The lowest BCUT2D eigenvalue weighted by atomic mass is 9.75. The van der Waals surface area contributed by atoms with Gasteiger partial charge in [-0.3, -0.25) is 0 Å². The molecule has 0 bridgehead atoms. The Balaban J connectivity index is 0. The maximum absolute atomic E-state index is 2.43. The molecule has 0 amide bonds. The van der Waals surface area contributed by atoms with Crippen molar-refractivity contribution in [3.05, 3.63) is 0 Å². The van der Waals surface area contributed by atoms with Gasteiger partial charge in [-0.25, -0.2) is 0 Å². The monoisotopic (exact) mass is 215 g/mol. The van der Waals surface area contributed by atoms with Gasteiger partial charge in [0, 0.05) is 0 Å². The van der Waals surface area contributed by atoms with E-state index in [2.05, 4.69) is 32.7 Å². The van der Waals surface area contributed by atoms with E-state index in [1.165, 1.54) is 25.9 Å². The van der Waals surface area contributed by atoms with Crippen LogP contribution in [0.25, 0.3) is 0 Å². The fraction of sp³-hybridized carbons (Fsp3) is 1.00. The smallest absolute Gasteiger partial charge is 0.00189 e. The molecule has 0 aliphatic carbocycles. The van der Waals surface area contributed by atoms with E-state index in [4.69, 9.17) is 0 Å². The van der Waals surface area contributed by atoms with Crippen molar-refractivity contribution in [3.63, 3.8) is 0 Å². The Morgan fingerprint density at radius 2 is 1.20 bits per heavy atom. The highest BCUT2D eigenvalue weighted by Crippen LogP contribution is 2.33. The summed E-state index contributed by atoms with van der Waals surface area (Å²) in [6, 6.07) is 0. The lowest BCUT2D eigenvalue weighted by Gasteiger charge is -2.37. The Morgan fingerprint density at radius 1 is 0.867 bits per heavy atom. The normalized spacial score (nSPS) is 18.4. The Morgan fingerprint density at radius 3 is 1.47 bits per heavy atom. The summed E-state index contributed by atoms with van der Waals surface area (Å²) in [6.07, 6.45) is 2.78. The Kier molecular flexibility index (Phi) is 10.7. The Hall–Kier alpha value is -0.0400. The number of hydrogen-bond acceptors (Lipinski definition) is 1. The summed E-state index contributed by atoms with van der Waals surface area (Å²) in [5, 5.41) is 0. The van der Waals surface area contributed by atoms with Crippen LogP contribution < -0.4 is 0 Å². The molecule has 1 fully saturated rings. The van der Waals surface area contributed by atoms with Crippen molar-refractivity contribution in [3.8, 4) is 0 Å². The molecule has 0 saturated carbocycles. The predicted octanol–water partition coefficient (Wildman–Crippen LogP) is 4.43. The molecule has 1 heteroatoms. The van der Waals surface area contributed by atoms with Crippen molar-refractivity contribution in [1.82, 2.24) is 4.90 Å². The SMILES string of the molecule is CC.CC.CN1CCC(C(C)(C)C)CC1. The number of hydrogen-bond donors (Lipinski definition) is 0. The van der Waals surface area contributed by atoms with Crippen LogP contribution in [0.2, 0.25) is 0 Å². The van der Waals surface area contributed by atoms with E-state index in [-0.39, 0.29) is 0 Å². The zero-order valence-electron chi connectivity index (χ0n) is 12.4. The van der Waals surface area contributed by atoms with E-state index < -0.39 is 0 Å². The van der Waals surface area contributed by atoms with Crippen molar-refractivity contribution in [1.29, 1.82) is 0 Å². The lowest BCUT2D eigenvalue weighted by Crippen LogP contribution is -2.35. The number of nitrogens with zero attached hydrogens (tertiary/aromatic N) is 1. The van der Waals surface area contributed by atoms with E-state index in [1.54, 1.807) is 0 Å². The highest BCUT2D eigenvalue weighted by molar-refractivity contribution is 4.79. The standard InChI is InChI=1S/C10H21N.2C2H6/c1-10(2,3)9-5-7-11(4)8-6-9;2*1-2/h9H,5-8H2,1-4H3;2*1-2H3. The van der Waals surface area contributed by atoms with Crippen LogP contribution in [0.15, 0.2) is 0 Å². The molecule has 1 rings (SSSR count). The van der Waals surface area contributed by atoms with Crippen LogP contribution in [0.4, 0.5) is 0 Å². The first-order chi connectivity index (χ1) is 7.00. The first kappa shape index (κ1) is 17.4. The third-order valence-electron chi connectivity index (χ3n) is 2.94. The van der Waals surface area contributed by atoms with Crippen LogP contribution in [0, 0.1) is 11.3 Å². The van der Waals surface area contributed by atoms with Gasteiger partial charge in [0.25, 0.3) is 0 Å². The molecule has 0 aromatic carbocycles. The summed E-state index contributed by atoms with van der Waals surface area (Å²) in [5.41, 5.74) is 0.529. The van der Waals surface area contributed by atoms with Crippen molar-refractivity contribution in [2.24, 2.45) is 11.3 Å². The summed E-state index contributed by atoms with van der Waals surface area (Å²) in [7, 11) is 2.22. The molecule has 15 heavy (non-hydrogen) atoms. The molecule has 0 N–H and O–H groups in total. The molecule has 0 unspecified atom stereocenters. The van der Waals surface area contributed by atoms with Gasteiger partial charge in [0.05, 0.1) is 0 Å². The van der Waals surface area contributed by atoms with Gasteiger partial charge in [0.2, 0.25) is 0 Å². The minimum Gasteiger partial charge on any atom is -0.306 e. The van der Waals surface area contributed by atoms with Gasteiger partial charge >= 0.3 is 0 Å². The zero-order chi connectivity index (χ0) is 12.5. The molecule has 1 aliphatic heterocycles. The quantitative estimate of drug-likeness (QED) is 0.578. The van der Waals surface area contributed by atoms with E-state index >= 15 is 0 Å². The molecule has 94 valence electrons. The second-order valence-corrected chi connectivity index (χ2v) is 4.94. The summed E-state index contributed by atoms with van der Waals surface area (Å²) in [5.74, 6) is 0.943. The van der Waals surface area contributed by atoms with Gasteiger partial charge in [0.1, 0.15) is 0 Å². The second-order valence-electron chi connectivity index (χ2n) is 4.94. The minimum absolute atomic E-state index is 0.529. The second kappa shape index (κ2) is 9.21. The first-order valence-electron chi connectivity index (χ1n) is 6.68. The molecule has 1 heterocycles. The summed E-state index contributed by atoms with van der Waals surface area (Å²) >= 11 is 0. The van der Waals surface area contributed by atoms with Crippen molar-refractivity contribution in [2.45, 2.75) is 61.3 Å². The maximum atomic E-state index is 2.43. The summed E-state index contributed by atoms with van der Waals surface area (Å²) in [4.78, 5) is 2.43. The maximum Gasteiger partial charge on any atom is -0.00189 e. The number of rotatable bonds is 0. The molecule has 1 aliphatic rings. The van der Waals surface area contributed by atoms with E-state index in [9.17, 15) is 0 Å². The molecular weight excluding hydrogens is 182 g/mol. The van der Waals surface area contributed by atoms with Crippen LogP contribution in [-0.4, -0.2) is 25.0 Å². The molecule has 0 aromatic rings. The topological polar surface area (TPSA) is 3.24 Å². The fourth-order valence-corrected chi connectivity index (χ4v) is 1.87. The number of likely N-dealkylation sites (tertiary alicyclic amines) is 1. The summed E-state index contributed by atoms with van der Waals surface area (Å²) < 4.78 is 0. The van der Waals surface area contributed by atoms with Gasteiger partial charge in [-0.05, 0) is 44.3 Å². The third kappa shape index (κ3) is 7.84. The van der Waals surface area contributed by atoms with Crippen molar-refractivity contribution >= 4 is 0 Å². The Labute approximate surface area is 98.2 Å². The largest absolute Gasteiger partial charge is 0.306 e. The van der Waals surface area contributed by atoms with Gasteiger partial charge in [-0.2, -0.15) is 0 Å². The molecule has 0 radical (unpaired) electrons. The highest BCUT2D eigenvalue weighted by atomic mass is 15.1. The van der Waals surface area contributed by atoms with Crippen molar-refractivity contribution in [2.75, 3.05) is 20.1 Å². The average Bonchev–Trinajstić information content (AvgIpc) is 2.23. The van der Waals surface area contributed by atoms with Crippen LogP contribution in [0.3, 0.4) is 0 Å². The molecule has 1 saturated heterocycles. The molecule has 0 aromatic heterocycles. The van der Waals surface area contributed by atoms with Crippen molar-refractivity contribution < 1.29 is 0 Å². The molecular formula is C14H33N. The third-order valence-corrected chi connectivity index (χ3v) is 2.94. The zero-order valence-corrected chi connectivity index (χ0v) is 12.4. The highest BCUT2D eigenvalue weighted by Gasteiger charge is 2.27. The summed E-state index contributed by atoms with van der Waals surface area (Å²) in [6.45, 7) is 17.7. The molecule has 0 atom stereocenters. The minimum atomic E-state index is 0.529. The van der Waals surface area contributed by atoms with E-state index in [0.29, 0.717) is 5.41 Å². The average molecular weight is 215 g/mol. The van der Waals surface area contributed by atoms with Crippen LogP contribution in [0.5, 0.6) is 0 Å². The van der Waals surface area contributed by atoms with Crippen LogP contribution in [-0.2, 0) is 0 Å². The van der Waals surface area contributed by atoms with Gasteiger partial charge in [-0.1, -0.05) is 48.5 Å². The lowest BCUT2D eigenvalue weighted by molar-refractivity contribution is 0.129. The predicted molar refractivity (Wildman–Crippen MR) is 72.4 cm³/mol. The van der Waals surface area contributed by atoms with Crippen LogP contribution >= 0.6 is 0 Å². The Bertz CT molecular complexity index is 116. The molecule has 1 nitrogen and oxygen atoms in total. The van der Waals surface area contributed by atoms with Crippen LogP contribution in [0.1, 0.15) is 61.3 Å². The first-order valence-corrected chi connectivity index (χ1v) is 6.68. The van der Waals surface area contributed by atoms with E-state index in [0.717, 1.165) is 5.92 Å². The van der Waals surface area contributed by atoms with Gasteiger partial charge in [0.15, 0.2) is 0 Å². The van der Waals surface area contributed by atoms with Gasteiger partial charge in [-0.15, -0.1) is 0 Å². The molecule has 0 spiro atoms. The van der Waals surface area contributed by atoms with E-state index in [1.807, 2.05) is 27.7 Å². The fourth-order valence-electron chi connectivity index (χ4n) is 1.87.